The molecule has 0 amide bonds. The third-order valence-corrected chi connectivity index (χ3v) is 4.18. The predicted molar refractivity (Wildman–Crippen MR) is 91.6 cm³/mol. The Morgan fingerprint density at radius 2 is 1.73 bits per heavy atom. The summed E-state index contributed by atoms with van der Waals surface area (Å²) in [6, 6.07) is 7.35. The predicted octanol–water partition coefficient (Wildman–Crippen LogP) is 4.77. The lowest BCUT2D eigenvalue weighted by Crippen LogP contribution is -2.15. The molecule has 1 N–H and O–H groups in total. The third kappa shape index (κ3) is 3.85. The molecule has 22 heavy (non-hydrogen) atoms. The van der Waals surface area contributed by atoms with Gasteiger partial charge in [-0.15, -0.1) is 0 Å². The van der Waals surface area contributed by atoms with Crippen LogP contribution in [0.25, 0.3) is 10.9 Å². The third-order valence-electron chi connectivity index (χ3n) is 4.18. The van der Waals surface area contributed by atoms with Crippen LogP contribution in [0.3, 0.4) is 0 Å². The van der Waals surface area contributed by atoms with Gasteiger partial charge in [-0.3, -0.25) is 9.59 Å². The number of aromatic nitrogens is 1. The Bertz CT molecular complexity index is 700. The molecule has 0 radical (unpaired) electrons. The van der Waals surface area contributed by atoms with Gasteiger partial charge in [0.1, 0.15) is 0 Å². The van der Waals surface area contributed by atoms with Crippen LogP contribution in [-0.4, -0.2) is 10.8 Å². The van der Waals surface area contributed by atoms with E-state index in [1.165, 1.54) is 25.7 Å². The quantitative estimate of drug-likeness (QED) is 0.564. The lowest BCUT2D eigenvalue weighted by Gasteiger charge is -2.07. The van der Waals surface area contributed by atoms with Gasteiger partial charge in [-0.2, -0.15) is 0 Å². The highest BCUT2D eigenvalue weighted by Gasteiger charge is 2.14. The van der Waals surface area contributed by atoms with Crippen molar-refractivity contribution < 1.29 is 4.79 Å². The Hall–Kier alpha value is -1.90. The average molecular weight is 299 g/mol. The van der Waals surface area contributed by atoms with Gasteiger partial charge in [-0.1, -0.05) is 51.2 Å². The second-order valence-corrected chi connectivity index (χ2v) is 5.94. The number of hydrogen-bond donors (Lipinski definition) is 1. The molecule has 0 saturated carbocycles. The molecule has 0 atom stereocenters. The van der Waals surface area contributed by atoms with Crippen molar-refractivity contribution in [2.75, 3.05) is 0 Å². The summed E-state index contributed by atoms with van der Waals surface area (Å²) < 4.78 is 0. The molecule has 3 heteroatoms. The van der Waals surface area contributed by atoms with E-state index < -0.39 is 0 Å². The lowest BCUT2D eigenvalue weighted by molar-refractivity contribution is 0.0974. The topological polar surface area (TPSA) is 49.9 Å². The summed E-state index contributed by atoms with van der Waals surface area (Å²) in [5, 5.41) is 0.649. The number of carbonyl (C=O) groups is 1. The summed E-state index contributed by atoms with van der Waals surface area (Å²) in [6.45, 7) is 3.93. The molecule has 0 bridgehead atoms. The van der Waals surface area contributed by atoms with E-state index >= 15 is 0 Å². The molecule has 0 aliphatic heterocycles. The monoisotopic (exact) mass is 299 g/mol. The van der Waals surface area contributed by atoms with Crippen LogP contribution in [0.15, 0.2) is 29.1 Å². The van der Waals surface area contributed by atoms with Gasteiger partial charge in [-0.05, 0) is 25.5 Å². The van der Waals surface area contributed by atoms with Crippen molar-refractivity contribution in [2.45, 2.75) is 58.8 Å². The van der Waals surface area contributed by atoms with Gasteiger partial charge < -0.3 is 4.98 Å². The Morgan fingerprint density at radius 3 is 2.50 bits per heavy atom. The van der Waals surface area contributed by atoms with E-state index in [9.17, 15) is 9.59 Å². The molecule has 118 valence electrons. The normalized spacial score (nSPS) is 11.0. The van der Waals surface area contributed by atoms with Crippen molar-refractivity contribution in [3.8, 4) is 0 Å². The minimum Gasteiger partial charge on any atom is -0.352 e. The smallest absolute Gasteiger partial charge is 0.193 e. The fraction of sp³-hybridized carbons (Fsp3) is 0.474. The Morgan fingerprint density at radius 1 is 1.05 bits per heavy atom. The van der Waals surface area contributed by atoms with Crippen LogP contribution < -0.4 is 5.43 Å². The fourth-order valence-electron chi connectivity index (χ4n) is 2.80. The zero-order valence-corrected chi connectivity index (χ0v) is 13.6. The summed E-state index contributed by atoms with van der Waals surface area (Å²) in [5.74, 6) is 0.0517. The number of carbonyl (C=O) groups excluding carboxylic acids is 1. The van der Waals surface area contributed by atoms with Gasteiger partial charge in [0.05, 0.1) is 5.69 Å². The number of para-hydroxylation sites is 1. The maximum Gasteiger partial charge on any atom is 0.193 e. The van der Waals surface area contributed by atoms with Gasteiger partial charge in [0.25, 0.3) is 0 Å². The summed E-state index contributed by atoms with van der Waals surface area (Å²) >= 11 is 0. The molecular formula is C19H25NO2. The van der Waals surface area contributed by atoms with Crippen molar-refractivity contribution in [1.29, 1.82) is 0 Å². The van der Waals surface area contributed by atoms with Gasteiger partial charge in [0, 0.05) is 22.9 Å². The molecule has 3 nitrogen and oxygen atoms in total. The molecule has 0 aliphatic rings. The molecule has 1 heterocycles. The second kappa shape index (κ2) is 7.92. The molecule has 0 fully saturated rings. The second-order valence-electron chi connectivity index (χ2n) is 5.94. The van der Waals surface area contributed by atoms with E-state index in [1.807, 2.05) is 18.2 Å². The van der Waals surface area contributed by atoms with Crippen LogP contribution in [0.1, 0.15) is 67.9 Å². The maximum absolute atomic E-state index is 12.4. The van der Waals surface area contributed by atoms with Gasteiger partial charge >= 0.3 is 0 Å². The number of aromatic amines is 1. The SMILES string of the molecule is CCCCCCCCC(=O)c1[nH]c2ccccc2c(=O)c1C. The van der Waals surface area contributed by atoms with Crippen molar-refractivity contribution >= 4 is 16.7 Å². The largest absolute Gasteiger partial charge is 0.352 e. The number of benzene rings is 1. The average Bonchev–Trinajstić information content (AvgIpc) is 2.54. The van der Waals surface area contributed by atoms with Crippen molar-refractivity contribution in [3.05, 3.63) is 45.7 Å². The highest BCUT2D eigenvalue weighted by molar-refractivity contribution is 5.97. The van der Waals surface area contributed by atoms with Crippen LogP contribution in [0.4, 0.5) is 0 Å². The van der Waals surface area contributed by atoms with E-state index in [0.717, 1.165) is 18.4 Å². The van der Waals surface area contributed by atoms with Gasteiger partial charge in [-0.25, -0.2) is 0 Å². The van der Waals surface area contributed by atoms with E-state index in [-0.39, 0.29) is 11.2 Å². The first-order valence-corrected chi connectivity index (χ1v) is 8.30. The van der Waals surface area contributed by atoms with E-state index in [1.54, 1.807) is 13.0 Å². The first-order valence-electron chi connectivity index (χ1n) is 8.30. The van der Waals surface area contributed by atoms with Gasteiger partial charge in [0.2, 0.25) is 0 Å². The standard InChI is InChI=1S/C19H25NO2/c1-3-4-5-6-7-8-13-17(21)18-14(2)19(22)15-11-9-10-12-16(15)20-18/h9-12H,3-8,13H2,1-2H3,(H,20,22). The number of H-pyrrole nitrogens is 1. The molecule has 0 unspecified atom stereocenters. The first-order chi connectivity index (χ1) is 10.6. The molecule has 1 aromatic heterocycles. The van der Waals surface area contributed by atoms with Crippen LogP contribution in [0.5, 0.6) is 0 Å². The number of hydrogen-bond acceptors (Lipinski definition) is 2. The Kier molecular flexibility index (Phi) is 5.93. The highest BCUT2D eigenvalue weighted by atomic mass is 16.1. The van der Waals surface area contributed by atoms with Crippen molar-refractivity contribution in [3.63, 3.8) is 0 Å². The summed E-state index contributed by atoms with van der Waals surface area (Å²) in [7, 11) is 0. The molecular weight excluding hydrogens is 274 g/mol. The Balaban J connectivity index is 2.05. The first kappa shape index (κ1) is 16.5. The number of rotatable bonds is 8. The highest BCUT2D eigenvalue weighted by Crippen LogP contribution is 2.14. The summed E-state index contributed by atoms with van der Waals surface area (Å²) in [6.07, 6.45) is 7.44. The number of Topliss-reactive ketones (excluding diaryl/α,β-unsaturated/α-hetero) is 1. The zero-order valence-electron chi connectivity index (χ0n) is 13.6. The van der Waals surface area contributed by atoms with E-state index in [4.69, 9.17) is 0 Å². The van der Waals surface area contributed by atoms with Crippen molar-refractivity contribution in [2.24, 2.45) is 0 Å². The molecule has 2 aromatic rings. The number of nitrogens with one attached hydrogen (secondary N) is 1. The molecule has 0 spiro atoms. The number of pyridine rings is 1. The fourth-order valence-corrected chi connectivity index (χ4v) is 2.80. The van der Waals surface area contributed by atoms with Gasteiger partial charge in [0.15, 0.2) is 11.2 Å². The van der Waals surface area contributed by atoms with Crippen molar-refractivity contribution in [1.82, 2.24) is 4.98 Å². The lowest BCUT2D eigenvalue weighted by atomic mass is 10.0. The summed E-state index contributed by atoms with van der Waals surface area (Å²) in [5.41, 5.74) is 1.72. The van der Waals surface area contributed by atoms with Crippen LogP contribution in [-0.2, 0) is 0 Å². The molecule has 0 aliphatic carbocycles. The number of unbranched alkanes of at least 4 members (excludes halogenated alkanes) is 5. The maximum atomic E-state index is 12.4. The molecule has 0 saturated heterocycles. The minimum absolute atomic E-state index is 0.0411. The van der Waals surface area contributed by atoms with Crippen LogP contribution in [0.2, 0.25) is 0 Å². The molecule has 2 rings (SSSR count). The van der Waals surface area contributed by atoms with E-state index in [2.05, 4.69) is 11.9 Å². The van der Waals surface area contributed by atoms with E-state index in [0.29, 0.717) is 23.1 Å². The zero-order chi connectivity index (χ0) is 15.9. The number of ketones is 1. The number of fused-ring (bicyclic) bond motifs is 1. The molecule has 1 aromatic carbocycles. The van der Waals surface area contributed by atoms with Crippen LogP contribution in [0, 0.1) is 6.92 Å². The Labute approximate surface area is 131 Å². The summed E-state index contributed by atoms with van der Waals surface area (Å²) in [4.78, 5) is 27.9. The van der Waals surface area contributed by atoms with Crippen LogP contribution >= 0.6 is 0 Å². The minimum atomic E-state index is -0.0411.